The Labute approximate surface area is 188 Å². The van der Waals surface area contributed by atoms with Crippen LogP contribution in [-0.2, 0) is 10.0 Å². The highest BCUT2D eigenvalue weighted by Gasteiger charge is 2.28. The van der Waals surface area contributed by atoms with Gasteiger partial charge in [0.2, 0.25) is 10.0 Å². The number of anilines is 1. The van der Waals surface area contributed by atoms with Crippen LogP contribution in [0.4, 0.5) is 5.69 Å². The summed E-state index contributed by atoms with van der Waals surface area (Å²) in [7, 11) is -3.62. The maximum atomic E-state index is 12.8. The van der Waals surface area contributed by atoms with Crippen molar-refractivity contribution in [2.24, 2.45) is 0 Å². The molecule has 0 heterocycles. The summed E-state index contributed by atoms with van der Waals surface area (Å²) >= 11 is 6.36. The van der Waals surface area contributed by atoms with E-state index in [0.29, 0.717) is 30.4 Å². The van der Waals surface area contributed by atoms with Gasteiger partial charge in [0.1, 0.15) is 0 Å². The largest absolute Gasteiger partial charge is 0.490 e. The lowest BCUT2D eigenvalue weighted by Gasteiger charge is -2.15. The number of benzene rings is 2. The van der Waals surface area contributed by atoms with Crippen molar-refractivity contribution in [1.29, 1.82) is 0 Å². The second kappa shape index (κ2) is 10.3. The Morgan fingerprint density at radius 2 is 1.94 bits per heavy atom. The fourth-order valence-corrected chi connectivity index (χ4v) is 4.47. The number of carbonyl (C=O) groups excluding carboxylic acids is 1. The van der Waals surface area contributed by atoms with Gasteiger partial charge in [0.25, 0.3) is 5.91 Å². The quantitative estimate of drug-likeness (QED) is 0.471. The zero-order valence-electron chi connectivity index (χ0n) is 17.6. The van der Waals surface area contributed by atoms with Crippen LogP contribution in [0.1, 0.15) is 49.9 Å². The van der Waals surface area contributed by atoms with Gasteiger partial charge < -0.3 is 14.8 Å². The third-order valence-corrected chi connectivity index (χ3v) is 6.42. The minimum absolute atomic E-state index is 0.000403. The standard InChI is InChI=1S/C22H27ClN2O5S/c1-3-5-11-30-21-19(23)12-15(13-20(21)29-4-2)22(26)24-17-7-6-8-18(14-17)31(27,28)25-16-9-10-16/h6-8,12-14,16,25H,3-5,9-11H2,1-2H3,(H,24,26). The van der Waals surface area contributed by atoms with Crippen molar-refractivity contribution in [3.8, 4) is 11.5 Å². The van der Waals surface area contributed by atoms with Crippen LogP contribution in [0.15, 0.2) is 41.3 Å². The minimum Gasteiger partial charge on any atom is -0.490 e. The monoisotopic (exact) mass is 466 g/mol. The molecule has 2 aromatic carbocycles. The molecule has 7 nitrogen and oxygen atoms in total. The lowest BCUT2D eigenvalue weighted by Crippen LogP contribution is -2.25. The molecule has 0 aromatic heterocycles. The smallest absolute Gasteiger partial charge is 0.255 e. The molecule has 1 aliphatic carbocycles. The number of halogens is 1. The molecule has 0 bridgehead atoms. The van der Waals surface area contributed by atoms with Gasteiger partial charge in [-0.25, -0.2) is 13.1 Å². The second-order valence-corrected chi connectivity index (χ2v) is 9.42. The van der Waals surface area contributed by atoms with Gasteiger partial charge in [-0.2, -0.15) is 0 Å². The average molecular weight is 467 g/mol. The first-order chi connectivity index (χ1) is 14.8. The molecule has 0 spiro atoms. The molecule has 0 aliphatic heterocycles. The van der Waals surface area contributed by atoms with E-state index in [0.717, 1.165) is 25.7 Å². The Morgan fingerprint density at radius 1 is 1.16 bits per heavy atom. The molecule has 168 valence electrons. The molecule has 1 aliphatic rings. The summed E-state index contributed by atoms with van der Waals surface area (Å²) in [6.45, 7) is 4.78. The Kier molecular flexibility index (Phi) is 7.80. The van der Waals surface area contributed by atoms with Gasteiger partial charge >= 0.3 is 0 Å². The number of ether oxygens (including phenoxy) is 2. The van der Waals surface area contributed by atoms with E-state index in [9.17, 15) is 13.2 Å². The molecule has 1 fully saturated rings. The van der Waals surface area contributed by atoms with Crippen LogP contribution in [0.25, 0.3) is 0 Å². The Hall–Kier alpha value is -2.29. The van der Waals surface area contributed by atoms with Crippen LogP contribution in [0.2, 0.25) is 5.02 Å². The SMILES string of the molecule is CCCCOc1c(Cl)cc(C(=O)Nc2cccc(S(=O)(=O)NC3CC3)c2)cc1OCC. The molecular formula is C22H27ClN2O5S. The molecule has 2 N–H and O–H groups in total. The van der Waals surface area contributed by atoms with Crippen molar-refractivity contribution in [2.45, 2.75) is 50.5 Å². The molecule has 0 saturated heterocycles. The topological polar surface area (TPSA) is 93.7 Å². The van der Waals surface area contributed by atoms with Crippen LogP contribution in [0.5, 0.6) is 11.5 Å². The zero-order chi connectivity index (χ0) is 22.4. The second-order valence-electron chi connectivity index (χ2n) is 7.30. The highest BCUT2D eigenvalue weighted by atomic mass is 35.5. The van der Waals surface area contributed by atoms with Crippen LogP contribution in [0, 0.1) is 0 Å². The minimum atomic E-state index is -3.62. The maximum Gasteiger partial charge on any atom is 0.255 e. The number of unbranched alkanes of at least 4 members (excludes halogenated alkanes) is 1. The van der Waals surface area contributed by atoms with E-state index in [2.05, 4.69) is 17.0 Å². The molecular weight excluding hydrogens is 440 g/mol. The predicted molar refractivity (Wildman–Crippen MR) is 121 cm³/mol. The summed E-state index contributed by atoms with van der Waals surface area (Å²) in [6.07, 6.45) is 3.54. The molecule has 1 amide bonds. The summed E-state index contributed by atoms with van der Waals surface area (Å²) in [5.41, 5.74) is 0.640. The van der Waals surface area contributed by atoms with Crippen molar-refractivity contribution < 1.29 is 22.7 Å². The van der Waals surface area contributed by atoms with E-state index in [-0.39, 0.29) is 21.5 Å². The fraction of sp³-hybridized carbons (Fsp3) is 0.409. The number of carbonyl (C=O) groups is 1. The van der Waals surface area contributed by atoms with Crippen molar-refractivity contribution in [3.63, 3.8) is 0 Å². The average Bonchev–Trinajstić information content (AvgIpc) is 3.53. The van der Waals surface area contributed by atoms with Gasteiger partial charge in [0.05, 0.1) is 23.1 Å². The van der Waals surface area contributed by atoms with Crippen molar-refractivity contribution in [1.82, 2.24) is 4.72 Å². The Morgan fingerprint density at radius 3 is 2.61 bits per heavy atom. The Bertz CT molecular complexity index is 1040. The van der Waals surface area contributed by atoms with Crippen molar-refractivity contribution in [3.05, 3.63) is 47.0 Å². The summed E-state index contributed by atoms with van der Waals surface area (Å²) in [6, 6.07) is 9.21. The number of hydrogen-bond donors (Lipinski definition) is 2. The lowest BCUT2D eigenvalue weighted by atomic mass is 10.1. The third kappa shape index (κ3) is 6.35. The molecule has 0 radical (unpaired) electrons. The van der Waals surface area contributed by atoms with Crippen LogP contribution < -0.4 is 19.5 Å². The third-order valence-electron chi connectivity index (χ3n) is 4.62. The van der Waals surface area contributed by atoms with E-state index in [1.807, 2.05) is 6.92 Å². The Balaban J connectivity index is 1.79. The van der Waals surface area contributed by atoms with Gasteiger partial charge in [0.15, 0.2) is 11.5 Å². The summed E-state index contributed by atoms with van der Waals surface area (Å²) in [5.74, 6) is 0.363. The first-order valence-corrected chi connectivity index (χ1v) is 12.2. The summed E-state index contributed by atoms with van der Waals surface area (Å²) in [4.78, 5) is 12.9. The van der Waals surface area contributed by atoms with Gasteiger partial charge in [0, 0.05) is 17.3 Å². The highest BCUT2D eigenvalue weighted by Crippen LogP contribution is 2.37. The van der Waals surface area contributed by atoms with Crippen LogP contribution in [-0.4, -0.2) is 33.6 Å². The normalized spacial score (nSPS) is 13.6. The van der Waals surface area contributed by atoms with E-state index in [1.54, 1.807) is 18.2 Å². The lowest BCUT2D eigenvalue weighted by molar-refractivity contribution is 0.102. The molecule has 31 heavy (non-hydrogen) atoms. The number of sulfonamides is 1. The van der Waals surface area contributed by atoms with Gasteiger partial charge in [-0.15, -0.1) is 0 Å². The van der Waals surface area contributed by atoms with Crippen molar-refractivity contribution in [2.75, 3.05) is 18.5 Å². The zero-order valence-corrected chi connectivity index (χ0v) is 19.2. The van der Waals surface area contributed by atoms with E-state index >= 15 is 0 Å². The van der Waals surface area contributed by atoms with Gasteiger partial charge in [-0.1, -0.05) is 31.0 Å². The molecule has 2 aromatic rings. The fourth-order valence-electron chi connectivity index (χ4n) is 2.85. The highest BCUT2D eigenvalue weighted by molar-refractivity contribution is 7.89. The summed E-state index contributed by atoms with van der Waals surface area (Å²) in [5, 5.41) is 3.00. The molecule has 0 unspecified atom stereocenters. The molecule has 1 saturated carbocycles. The number of hydrogen-bond acceptors (Lipinski definition) is 5. The molecule has 3 rings (SSSR count). The number of nitrogens with one attached hydrogen (secondary N) is 2. The molecule has 9 heteroatoms. The van der Waals surface area contributed by atoms with Gasteiger partial charge in [-0.05, 0) is 56.5 Å². The van der Waals surface area contributed by atoms with E-state index in [1.165, 1.54) is 18.2 Å². The van der Waals surface area contributed by atoms with Gasteiger partial charge in [-0.3, -0.25) is 4.79 Å². The predicted octanol–water partition coefficient (Wildman–Crippen LogP) is 4.61. The van der Waals surface area contributed by atoms with E-state index < -0.39 is 15.9 Å². The summed E-state index contributed by atoms with van der Waals surface area (Å²) < 4.78 is 38.8. The number of rotatable bonds is 11. The van der Waals surface area contributed by atoms with Crippen LogP contribution >= 0.6 is 11.6 Å². The molecule has 0 atom stereocenters. The first kappa shape index (κ1) is 23.4. The van der Waals surface area contributed by atoms with Crippen molar-refractivity contribution >= 4 is 33.2 Å². The van der Waals surface area contributed by atoms with Crippen LogP contribution in [0.3, 0.4) is 0 Å². The van der Waals surface area contributed by atoms with E-state index in [4.69, 9.17) is 21.1 Å². The first-order valence-electron chi connectivity index (χ1n) is 10.4. The maximum absolute atomic E-state index is 12.8. The number of amides is 1.